The number of alkyl halides is 1. The van der Waals surface area contributed by atoms with E-state index in [-0.39, 0.29) is 6.67 Å². The highest BCUT2D eigenvalue weighted by Gasteiger charge is 2.20. The van der Waals surface area contributed by atoms with E-state index < -0.39 is 0 Å². The number of likely N-dealkylation sites (tertiary alicyclic amines) is 1. The van der Waals surface area contributed by atoms with Crippen molar-refractivity contribution in [1.29, 1.82) is 0 Å². The van der Waals surface area contributed by atoms with Gasteiger partial charge in [0.05, 0.1) is 0 Å². The minimum Gasteiger partial charge on any atom is -0.301 e. The lowest BCUT2D eigenvalue weighted by atomic mass is 9.83. The number of rotatable bonds is 4. The summed E-state index contributed by atoms with van der Waals surface area (Å²) < 4.78 is 12.1. The van der Waals surface area contributed by atoms with Crippen molar-refractivity contribution >= 4 is 0 Å². The van der Waals surface area contributed by atoms with Crippen LogP contribution in [0, 0.1) is 11.3 Å². The second-order valence-corrected chi connectivity index (χ2v) is 6.07. The first-order chi connectivity index (χ1) is 7.01. The molecule has 0 spiro atoms. The van der Waals surface area contributed by atoms with Crippen molar-refractivity contribution in [3.8, 4) is 0 Å². The number of hydrogen-bond donors (Lipinski definition) is 0. The third-order valence-corrected chi connectivity index (χ3v) is 3.41. The summed E-state index contributed by atoms with van der Waals surface area (Å²) in [6, 6.07) is 0. The van der Waals surface area contributed by atoms with Crippen LogP contribution in [0.25, 0.3) is 0 Å². The van der Waals surface area contributed by atoms with Gasteiger partial charge in [-0.1, -0.05) is 20.8 Å². The molecule has 90 valence electrons. The average Bonchev–Trinajstić information content (AvgIpc) is 2.16. The van der Waals surface area contributed by atoms with Crippen LogP contribution >= 0.6 is 0 Å². The van der Waals surface area contributed by atoms with Gasteiger partial charge in [0, 0.05) is 6.54 Å². The van der Waals surface area contributed by atoms with E-state index in [4.69, 9.17) is 0 Å². The van der Waals surface area contributed by atoms with E-state index in [9.17, 15) is 4.39 Å². The van der Waals surface area contributed by atoms with Crippen LogP contribution in [0.5, 0.6) is 0 Å². The average molecular weight is 215 g/mol. The topological polar surface area (TPSA) is 3.24 Å². The quantitative estimate of drug-likeness (QED) is 0.694. The van der Waals surface area contributed by atoms with Crippen molar-refractivity contribution in [3.63, 3.8) is 0 Å². The summed E-state index contributed by atoms with van der Waals surface area (Å²) in [5.74, 6) is 0.889. The summed E-state index contributed by atoms with van der Waals surface area (Å²) >= 11 is 0. The van der Waals surface area contributed by atoms with Crippen LogP contribution in [0.3, 0.4) is 0 Å². The predicted molar refractivity (Wildman–Crippen MR) is 63.8 cm³/mol. The standard InChI is InChI=1S/C13H26FN/c1-13(2,3)7-4-12-5-9-15(10-6-12)11-8-14/h12H,4-11H2,1-3H3. The van der Waals surface area contributed by atoms with E-state index in [1.807, 2.05) is 0 Å². The molecule has 0 saturated carbocycles. The molecule has 1 fully saturated rings. The van der Waals surface area contributed by atoms with Gasteiger partial charge in [0.25, 0.3) is 0 Å². The summed E-state index contributed by atoms with van der Waals surface area (Å²) in [6.45, 7) is 9.61. The lowest BCUT2D eigenvalue weighted by Gasteiger charge is -2.32. The Morgan fingerprint density at radius 3 is 2.27 bits per heavy atom. The second kappa shape index (κ2) is 5.83. The van der Waals surface area contributed by atoms with Gasteiger partial charge in [-0.15, -0.1) is 0 Å². The van der Waals surface area contributed by atoms with Crippen molar-refractivity contribution < 1.29 is 4.39 Å². The lowest BCUT2D eigenvalue weighted by molar-refractivity contribution is 0.159. The fourth-order valence-electron chi connectivity index (χ4n) is 2.26. The molecule has 1 saturated heterocycles. The number of nitrogens with zero attached hydrogens (tertiary/aromatic N) is 1. The molecule has 0 bridgehead atoms. The van der Waals surface area contributed by atoms with Gasteiger partial charge < -0.3 is 4.90 Å². The van der Waals surface area contributed by atoms with Crippen LogP contribution in [-0.4, -0.2) is 31.2 Å². The molecule has 0 aromatic heterocycles. The monoisotopic (exact) mass is 215 g/mol. The Hall–Kier alpha value is -0.110. The molecule has 0 radical (unpaired) electrons. The predicted octanol–water partition coefficient (Wildman–Crippen LogP) is 3.49. The number of hydrogen-bond acceptors (Lipinski definition) is 1. The van der Waals surface area contributed by atoms with Gasteiger partial charge in [-0.25, -0.2) is 4.39 Å². The molecule has 1 aliphatic rings. The van der Waals surface area contributed by atoms with Crippen LogP contribution in [-0.2, 0) is 0 Å². The fraction of sp³-hybridized carbons (Fsp3) is 1.00. The molecule has 0 aromatic carbocycles. The molecule has 1 nitrogen and oxygen atoms in total. The van der Waals surface area contributed by atoms with E-state index in [2.05, 4.69) is 25.7 Å². The lowest BCUT2D eigenvalue weighted by Crippen LogP contribution is -2.35. The van der Waals surface area contributed by atoms with Gasteiger partial charge in [0.1, 0.15) is 6.67 Å². The molecule has 0 aliphatic carbocycles. The minimum absolute atomic E-state index is 0.188. The summed E-state index contributed by atoms with van der Waals surface area (Å²) in [6.07, 6.45) is 5.22. The van der Waals surface area contributed by atoms with Crippen molar-refractivity contribution in [2.45, 2.75) is 46.5 Å². The van der Waals surface area contributed by atoms with Gasteiger partial charge in [0.15, 0.2) is 0 Å². The van der Waals surface area contributed by atoms with E-state index in [1.54, 1.807) is 0 Å². The largest absolute Gasteiger partial charge is 0.301 e. The molecule has 0 aromatic rings. The Kier molecular flexibility index (Phi) is 5.04. The van der Waals surface area contributed by atoms with Crippen LogP contribution in [0.15, 0.2) is 0 Å². The van der Waals surface area contributed by atoms with Gasteiger partial charge in [-0.2, -0.15) is 0 Å². The van der Waals surface area contributed by atoms with Crippen LogP contribution < -0.4 is 0 Å². The van der Waals surface area contributed by atoms with Crippen LogP contribution in [0.4, 0.5) is 4.39 Å². The summed E-state index contributed by atoms with van der Waals surface area (Å²) in [5.41, 5.74) is 0.468. The Labute approximate surface area is 94.0 Å². The molecular weight excluding hydrogens is 189 g/mol. The summed E-state index contributed by atoms with van der Waals surface area (Å²) in [7, 11) is 0. The van der Waals surface area contributed by atoms with Crippen molar-refractivity contribution in [2.24, 2.45) is 11.3 Å². The van der Waals surface area contributed by atoms with Gasteiger partial charge in [0.2, 0.25) is 0 Å². The van der Waals surface area contributed by atoms with E-state index in [0.717, 1.165) is 19.0 Å². The Morgan fingerprint density at radius 2 is 1.80 bits per heavy atom. The molecule has 0 amide bonds. The zero-order valence-corrected chi connectivity index (χ0v) is 10.6. The molecule has 1 heterocycles. The molecular formula is C13H26FN. The van der Waals surface area contributed by atoms with Crippen molar-refractivity contribution in [1.82, 2.24) is 4.90 Å². The summed E-state index contributed by atoms with van der Waals surface area (Å²) in [5, 5.41) is 0. The maximum absolute atomic E-state index is 12.1. The highest BCUT2D eigenvalue weighted by atomic mass is 19.1. The SMILES string of the molecule is CC(C)(C)CCC1CCN(CCF)CC1. The normalized spacial score (nSPS) is 20.8. The Morgan fingerprint density at radius 1 is 1.20 bits per heavy atom. The Balaban J connectivity index is 2.15. The van der Waals surface area contributed by atoms with Crippen LogP contribution in [0.1, 0.15) is 46.5 Å². The zero-order valence-electron chi connectivity index (χ0n) is 10.6. The van der Waals surface area contributed by atoms with Crippen molar-refractivity contribution in [2.75, 3.05) is 26.3 Å². The molecule has 0 N–H and O–H groups in total. The van der Waals surface area contributed by atoms with Gasteiger partial charge >= 0.3 is 0 Å². The maximum Gasteiger partial charge on any atom is 0.102 e. The first kappa shape index (κ1) is 13.0. The van der Waals surface area contributed by atoms with Crippen molar-refractivity contribution in [3.05, 3.63) is 0 Å². The van der Waals surface area contributed by atoms with Gasteiger partial charge in [-0.3, -0.25) is 0 Å². The first-order valence-electron chi connectivity index (χ1n) is 6.29. The third-order valence-electron chi connectivity index (χ3n) is 3.41. The zero-order chi connectivity index (χ0) is 11.3. The smallest absolute Gasteiger partial charge is 0.102 e. The first-order valence-corrected chi connectivity index (χ1v) is 6.29. The third kappa shape index (κ3) is 5.50. The van der Waals surface area contributed by atoms with E-state index in [0.29, 0.717) is 12.0 Å². The molecule has 15 heavy (non-hydrogen) atoms. The molecule has 0 unspecified atom stereocenters. The molecule has 0 atom stereocenters. The highest BCUT2D eigenvalue weighted by molar-refractivity contribution is 4.74. The Bertz CT molecular complexity index is 166. The fourth-order valence-corrected chi connectivity index (χ4v) is 2.26. The number of halogens is 1. The maximum atomic E-state index is 12.1. The number of piperidine rings is 1. The van der Waals surface area contributed by atoms with Crippen LogP contribution in [0.2, 0.25) is 0 Å². The second-order valence-electron chi connectivity index (χ2n) is 6.07. The molecule has 1 aliphatic heterocycles. The summed E-state index contributed by atoms with van der Waals surface area (Å²) in [4.78, 5) is 2.26. The van der Waals surface area contributed by atoms with E-state index in [1.165, 1.54) is 25.7 Å². The van der Waals surface area contributed by atoms with E-state index >= 15 is 0 Å². The molecule has 2 heteroatoms. The highest BCUT2D eigenvalue weighted by Crippen LogP contribution is 2.28. The minimum atomic E-state index is -0.188. The molecule has 1 rings (SSSR count). The van der Waals surface area contributed by atoms with Gasteiger partial charge in [-0.05, 0) is 50.1 Å².